The molecule has 2 heterocycles. The number of nitrogens with zero attached hydrogens (tertiary/aromatic N) is 4. The fraction of sp³-hybridized carbons (Fsp3) is 0.300. The number of hydrogen-bond donors (Lipinski definition) is 2. The average Bonchev–Trinajstić information content (AvgIpc) is 3.10. The standard InChI is InChI=1S/C20H24N6O2/c1-13(18-11-21-19-8-9-22-26(19)14(18)2)25(4)12-20(28)24-17-7-5-6-16(10-17)23-15(3)27/h5-11,13H,12H2,1-4H3,(H,23,27)(H,24,28). The van der Waals surface area contributed by atoms with Crippen molar-refractivity contribution in [2.45, 2.75) is 26.8 Å². The van der Waals surface area contributed by atoms with Crippen molar-refractivity contribution >= 4 is 28.8 Å². The number of likely N-dealkylation sites (N-methyl/N-ethyl adjacent to an activating group) is 1. The minimum atomic E-state index is -0.157. The van der Waals surface area contributed by atoms with E-state index >= 15 is 0 Å². The van der Waals surface area contributed by atoms with Crippen molar-refractivity contribution in [2.24, 2.45) is 0 Å². The molecule has 2 N–H and O–H groups in total. The molecule has 8 nitrogen and oxygen atoms in total. The molecule has 0 aliphatic rings. The van der Waals surface area contributed by atoms with Gasteiger partial charge in [0.15, 0.2) is 5.65 Å². The Morgan fingerprint density at radius 1 is 1.21 bits per heavy atom. The Kier molecular flexibility index (Phi) is 5.70. The summed E-state index contributed by atoms with van der Waals surface area (Å²) in [4.78, 5) is 30.0. The molecule has 1 unspecified atom stereocenters. The summed E-state index contributed by atoms with van der Waals surface area (Å²) < 4.78 is 1.80. The number of hydrogen-bond acceptors (Lipinski definition) is 5. The number of fused-ring (bicyclic) bond motifs is 1. The summed E-state index contributed by atoms with van der Waals surface area (Å²) in [6.45, 7) is 5.68. The van der Waals surface area contributed by atoms with Crippen molar-refractivity contribution in [3.63, 3.8) is 0 Å². The molecule has 3 rings (SSSR count). The van der Waals surface area contributed by atoms with Gasteiger partial charge in [-0.3, -0.25) is 14.5 Å². The highest BCUT2D eigenvalue weighted by Gasteiger charge is 2.19. The quantitative estimate of drug-likeness (QED) is 0.686. The lowest BCUT2D eigenvalue weighted by atomic mass is 10.1. The first-order valence-electron chi connectivity index (χ1n) is 9.02. The second kappa shape index (κ2) is 8.18. The maximum Gasteiger partial charge on any atom is 0.238 e. The van der Waals surface area contributed by atoms with E-state index in [0.717, 1.165) is 16.9 Å². The molecule has 0 aliphatic heterocycles. The number of nitrogens with one attached hydrogen (secondary N) is 2. The maximum absolute atomic E-state index is 12.5. The molecule has 2 amide bonds. The van der Waals surface area contributed by atoms with Gasteiger partial charge in [0.05, 0.1) is 12.7 Å². The van der Waals surface area contributed by atoms with Crippen molar-refractivity contribution in [3.8, 4) is 0 Å². The molecule has 8 heteroatoms. The average molecular weight is 380 g/mol. The predicted molar refractivity (Wildman–Crippen MR) is 108 cm³/mol. The highest BCUT2D eigenvalue weighted by molar-refractivity contribution is 5.94. The third-order valence-electron chi connectivity index (χ3n) is 4.67. The zero-order valence-electron chi connectivity index (χ0n) is 16.4. The van der Waals surface area contributed by atoms with Gasteiger partial charge in [-0.25, -0.2) is 9.50 Å². The SMILES string of the molecule is CC(=O)Nc1cccc(NC(=O)CN(C)C(C)c2cnc3ccnn3c2C)c1. The van der Waals surface area contributed by atoms with Crippen LogP contribution in [0.4, 0.5) is 11.4 Å². The third-order valence-corrected chi connectivity index (χ3v) is 4.67. The van der Waals surface area contributed by atoms with Gasteiger partial charge in [-0.2, -0.15) is 5.10 Å². The number of anilines is 2. The van der Waals surface area contributed by atoms with Crippen LogP contribution in [0.1, 0.15) is 31.1 Å². The Labute approximate surface area is 163 Å². The first kappa shape index (κ1) is 19.5. The Hall–Kier alpha value is -3.26. The van der Waals surface area contributed by atoms with Crippen molar-refractivity contribution in [1.29, 1.82) is 0 Å². The van der Waals surface area contributed by atoms with Gasteiger partial charge < -0.3 is 10.6 Å². The van der Waals surface area contributed by atoms with E-state index in [1.807, 2.05) is 38.1 Å². The number of benzene rings is 1. The van der Waals surface area contributed by atoms with Gasteiger partial charge in [-0.1, -0.05) is 6.07 Å². The van der Waals surface area contributed by atoms with Crippen LogP contribution >= 0.6 is 0 Å². The molecule has 1 atom stereocenters. The summed E-state index contributed by atoms with van der Waals surface area (Å²) in [6.07, 6.45) is 3.55. The van der Waals surface area contributed by atoms with Gasteiger partial charge in [0.1, 0.15) is 0 Å². The lowest BCUT2D eigenvalue weighted by molar-refractivity contribution is -0.117. The molecule has 0 saturated heterocycles. The number of carbonyl (C=O) groups excluding carboxylic acids is 2. The van der Waals surface area contributed by atoms with E-state index in [0.29, 0.717) is 11.4 Å². The van der Waals surface area contributed by atoms with Gasteiger partial charge in [0.2, 0.25) is 11.8 Å². The minimum absolute atomic E-state index is 0.0161. The van der Waals surface area contributed by atoms with Crippen molar-refractivity contribution in [3.05, 3.63) is 54.0 Å². The van der Waals surface area contributed by atoms with E-state index in [9.17, 15) is 9.59 Å². The van der Waals surface area contributed by atoms with Crippen LogP contribution in [-0.4, -0.2) is 44.9 Å². The lowest BCUT2D eigenvalue weighted by Gasteiger charge is -2.25. The molecule has 0 spiro atoms. The zero-order chi connectivity index (χ0) is 20.3. The molecule has 0 aliphatic carbocycles. The number of rotatable bonds is 6. The van der Waals surface area contributed by atoms with E-state index in [-0.39, 0.29) is 24.4 Å². The first-order valence-corrected chi connectivity index (χ1v) is 9.02. The molecule has 0 radical (unpaired) electrons. The maximum atomic E-state index is 12.5. The Balaban J connectivity index is 1.66. The fourth-order valence-electron chi connectivity index (χ4n) is 3.09. The summed E-state index contributed by atoms with van der Waals surface area (Å²) in [5, 5.41) is 9.86. The van der Waals surface area contributed by atoms with E-state index in [2.05, 4.69) is 20.7 Å². The highest BCUT2D eigenvalue weighted by atomic mass is 16.2. The van der Waals surface area contributed by atoms with Crippen molar-refractivity contribution in [1.82, 2.24) is 19.5 Å². The van der Waals surface area contributed by atoms with E-state index in [1.54, 1.807) is 35.0 Å². The van der Waals surface area contributed by atoms with E-state index in [4.69, 9.17) is 0 Å². The van der Waals surface area contributed by atoms with Crippen LogP contribution in [-0.2, 0) is 9.59 Å². The normalized spacial score (nSPS) is 12.2. The summed E-state index contributed by atoms with van der Waals surface area (Å²) in [6, 6.07) is 8.90. The minimum Gasteiger partial charge on any atom is -0.326 e. The van der Waals surface area contributed by atoms with Crippen molar-refractivity contribution < 1.29 is 9.59 Å². The molecule has 2 aromatic heterocycles. The monoisotopic (exact) mass is 380 g/mol. The van der Waals surface area contributed by atoms with Gasteiger partial charge in [-0.05, 0) is 39.1 Å². The molecule has 146 valence electrons. The smallest absolute Gasteiger partial charge is 0.238 e. The number of aromatic nitrogens is 3. The largest absolute Gasteiger partial charge is 0.326 e. The zero-order valence-corrected chi connectivity index (χ0v) is 16.4. The van der Waals surface area contributed by atoms with E-state index < -0.39 is 0 Å². The van der Waals surface area contributed by atoms with Gasteiger partial charge in [-0.15, -0.1) is 0 Å². The highest BCUT2D eigenvalue weighted by Crippen LogP contribution is 2.22. The van der Waals surface area contributed by atoms with E-state index in [1.165, 1.54) is 6.92 Å². The van der Waals surface area contributed by atoms with Crippen LogP contribution in [0.5, 0.6) is 0 Å². The summed E-state index contributed by atoms with van der Waals surface area (Å²) in [5.41, 5.74) is 4.08. The third kappa shape index (κ3) is 4.34. The summed E-state index contributed by atoms with van der Waals surface area (Å²) in [7, 11) is 1.89. The Bertz CT molecular complexity index is 1010. The predicted octanol–water partition coefficient (Wildman–Crippen LogP) is 2.63. The second-order valence-corrected chi connectivity index (χ2v) is 6.80. The molecular weight excluding hydrogens is 356 g/mol. The molecular formula is C20H24N6O2. The molecule has 28 heavy (non-hydrogen) atoms. The van der Waals surface area contributed by atoms with Gasteiger partial charge in [0.25, 0.3) is 0 Å². The van der Waals surface area contributed by atoms with Crippen LogP contribution in [0.3, 0.4) is 0 Å². The Morgan fingerprint density at radius 2 is 1.93 bits per heavy atom. The van der Waals surface area contributed by atoms with Gasteiger partial charge >= 0.3 is 0 Å². The van der Waals surface area contributed by atoms with Crippen molar-refractivity contribution in [2.75, 3.05) is 24.2 Å². The lowest BCUT2D eigenvalue weighted by Crippen LogP contribution is -2.32. The molecule has 0 fully saturated rings. The second-order valence-electron chi connectivity index (χ2n) is 6.80. The molecule has 1 aromatic carbocycles. The Morgan fingerprint density at radius 3 is 2.64 bits per heavy atom. The van der Waals surface area contributed by atoms with Gasteiger partial charge in [0, 0.05) is 47.9 Å². The van der Waals surface area contributed by atoms with Crippen LogP contribution < -0.4 is 10.6 Å². The van der Waals surface area contributed by atoms with Crippen LogP contribution in [0, 0.1) is 6.92 Å². The van der Waals surface area contributed by atoms with Crippen LogP contribution in [0.2, 0.25) is 0 Å². The van der Waals surface area contributed by atoms with Crippen LogP contribution in [0.25, 0.3) is 5.65 Å². The molecule has 3 aromatic rings. The number of aryl methyl sites for hydroxylation is 1. The topological polar surface area (TPSA) is 91.6 Å². The molecule has 0 bridgehead atoms. The summed E-state index contributed by atoms with van der Waals surface area (Å²) in [5.74, 6) is -0.296. The fourth-order valence-corrected chi connectivity index (χ4v) is 3.09. The number of carbonyl (C=O) groups is 2. The summed E-state index contributed by atoms with van der Waals surface area (Å²) >= 11 is 0. The van der Waals surface area contributed by atoms with Crippen LogP contribution in [0.15, 0.2) is 42.7 Å². The molecule has 0 saturated carbocycles. The number of amides is 2. The first-order chi connectivity index (χ1) is 13.3.